The van der Waals surface area contributed by atoms with Crippen LogP contribution in [0.2, 0.25) is 5.15 Å². The molecule has 0 bridgehead atoms. The van der Waals surface area contributed by atoms with Gasteiger partial charge >= 0.3 is 0 Å². The SMILES string of the molecule is COc1c(Cl)ncnc1N1CC(=O)NC(=O)C1. The van der Waals surface area contributed by atoms with Crippen LogP contribution in [0.5, 0.6) is 5.75 Å². The molecule has 0 saturated carbocycles. The van der Waals surface area contributed by atoms with E-state index in [0.717, 1.165) is 0 Å². The molecule has 90 valence electrons. The molecule has 0 aliphatic carbocycles. The number of ether oxygens (including phenoxy) is 1. The van der Waals surface area contributed by atoms with Gasteiger partial charge < -0.3 is 9.64 Å². The smallest absolute Gasteiger partial charge is 0.246 e. The summed E-state index contributed by atoms with van der Waals surface area (Å²) >= 11 is 5.83. The van der Waals surface area contributed by atoms with Crippen LogP contribution in [0.25, 0.3) is 0 Å². The molecule has 0 unspecified atom stereocenters. The normalized spacial score (nSPS) is 15.8. The van der Waals surface area contributed by atoms with Gasteiger partial charge in [-0.3, -0.25) is 14.9 Å². The molecule has 0 radical (unpaired) electrons. The third-order valence-electron chi connectivity index (χ3n) is 2.19. The number of halogens is 1. The second-order valence-corrected chi connectivity index (χ2v) is 3.71. The van der Waals surface area contributed by atoms with E-state index in [1.165, 1.54) is 18.3 Å². The van der Waals surface area contributed by atoms with Crippen LogP contribution in [0.15, 0.2) is 6.33 Å². The third-order valence-corrected chi connectivity index (χ3v) is 2.46. The van der Waals surface area contributed by atoms with Crippen LogP contribution in [0.4, 0.5) is 5.82 Å². The molecule has 1 aromatic heterocycles. The summed E-state index contributed by atoms with van der Waals surface area (Å²) in [6.45, 7) is 0.0465. The lowest BCUT2D eigenvalue weighted by Gasteiger charge is -2.27. The van der Waals surface area contributed by atoms with Gasteiger partial charge in [-0.25, -0.2) is 9.97 Å². The van der Waals surface area contributed by atoms with Crippen LogP contribution in [0.1, 0.15) is 0 Å². The summed E-state index contributed by atoms with van der Waals surface area (Å²) in [4.78, 5) is 31.7. The largest absolute Gasteiger partial charge is 0.490 e. The molecule has 17 heavy (non-hydrogen) atoms. The van der Waals surface area contributed by atoms with E-state index in [2.05, 4.69) is 15.3 Å². The van der Waals surface area contributed by atoms with Crippen molar-refractivity contribution >= 4 is 29.2 Å². The number of hydrogen-bond donors (Lipinski definition) is 1. The number of carbonyl (C=O) groups excluding carboxylic acids is 2. The van der Waals surface area contributed by atoms with Crippen molar-refractivity contribution in [2.45, 2.75) is 0 Å². The molecule has 1 aliphatic heterocycles. The number of methoxy groups -OCH3 is 1. The van der Waals surface area contributed by atoms with Crippen LogP contribution in [-0.4, -0.2) is 42.0 Å². The first kappa shape index (κ1) is 11.6. The van der Waals surface area contributed by atoms with Crippen molar-refractivity contribution in [2.75, 3.05) is 25.1 Å². The van der Waals surface area contributed by atoms with Crippen LogP contribution in [-0.2, 0) is 9.59 Å². The number of carbonyl (C=O) groups is 2. The number of rotatable bonds is 2. The van der Waals surface area contributed by atoms with E-state index in [4.69, 9.17) is 16.3 Å². The molecule has 1 aromatic rings. The predicted octanol–water partition coefficient (Wildman–Crippen LogP) is -0.399. The molecule has 7 nitrogen and oxygen atoms in total. The van der Waals surface area contributed by atoms with Crippen molar-refractivity contribution < 1.29 is 14.3 Å². The molecular formula is C9H9ClN4O3. The molecule has 8 heteroatoms. The summed E-state index contributed by atoms with van der Waals surface area (Å²) in [5, 5.41) is 2.33. The van der Waals surface area contributed by atoms with Gasteiger partial charge in [0.25, 0.3) is 0 Å². The van der Waals surface area contributed by atoms with Crippen molar-refractivity contribution in [3.63, 3.8) is 0 Å². The Balaban J connectivity index is 2.36. The van der Waals surface area contributed by atoms with Gasteiger partial charge in [-0.15, -0.1) is 0 Å². The Morgan fingerprint density at radius 3 is 2.59 bits per heavy atom. The number of hydrogen-bond acceptors (Lipinski definition) is 6. The van der Waals surface area contributed by atoms with Gasteiger partial charge in [-0.2, -0.15) is 0 Å². The highest BCUT2D eigenvalue weighted by molar-refractivity contribution is 6.31. The maximum atomic E-state index is 11.3. The van der Waals surface area contributed by atoms with E-state index in [1.807, 2.05) is 0 Å². The van der Waals surface area contributed by atoms with Crippen LogP contribution >= 0.6 is 11.6 Å². The standard InChI is InChI=1S/C9H9ClN4O3/c1-17-7-8(10)11-4-12-9(7)14-2-5(15)13-6(16)3-14/h4H,2-3H2,1H3,(H,13,15,16). The molecule has 1 N–H and O–H groups in total. The van der Waals surface area contributed by atoms with Gasteiger partial charge in [0.15, 0.2) is 16.7 Å². The Bertz CT molecular complexity index is 463. The Morgan fingerprint density at radius 2 is 2.00 bits per heavy atom. The third kappa shape index (κ3) is 2.28. The van der Waals surface area contributed by atoms with E-state index in [0.29, 0.717) is 5.82 Å². The zero-order chi connectivity index (χ0) is 12.4. The summed E-state index contributed by atoms with van der Waals surface area (Å²) in [7, 11) is 1.42. The highest BCUT2D eigenvalue weighted by atomic mass is 35.5. The van der Waals surface area contributed by atoms with Crippen molar-refractivity contribution in [2.24, 2.45) is 0 Å². The second kappa shape index (κ2) is 4.54. The average Bonchev–Trinajstić information content (AvgIpc) is 2.27. The average molecular weight is 257 g/mol. The van der Waals surface area contributed by atoms with E-state index < -0.39 is 11.8 Å². The summed E-state index contributed by atoms with van der Waals surface area (Å²) in [6.07, 6.45) is 1.25. The van der Waals surface area contributed by atoms with Gasteiger partial charge in [0.05, 0.1) is 20.2 Å². The lowest BCUT2D eigenvalue weighted by molar-refractivity contribution is -0.130. The molecular weight excluding hydrogens is 248 g/mol. The van der Waals surface area contributed by atoms with Crippen LogP contribution in [0, 0.1) is 0 Å². The van der Waals surface area contributed by atoms with Crippen molar-refractivity contribution in [1.29, 1.82) is 0 Å². The van der Waals surface area contributed by atoms with Gasteiger partial charge in [0, 0.05) is 0 Å². The molecule has 0 atom stereocenters. The number of imide groups is 1. The Hall–Kier alpha value is -1.89. The van der Waals surface area contributed by atoms with E-state index in [9.17, 15) is 9.59 Å². The van der Waals surface area contributed by atoms with Gasteiger partial charge in [0.2, 0.25) is 11.8 Å². The Kier molecular flexibility index (Phi) is 3.10. The molecule has 0 aromatic carbocycles. The summed E-state index contributed by atoms with van der Waals surface area (Å²) in [6, 6.07) is 0. The van der Waals surface area contributed by atoms with Crippen molar-refractivity contribution in [1.82, 2.24) is 15.3 Å². The fourth-order valence-electron chi connectivity index (χ4n) is 1.53. The second-order valence-electron chi connectivity index (χ2n) is 3.35. The van der Waals surface area contributed by atoms with Crippen molar-refractivity contribution in [3.05, 3.63) is 11.5 Å². The monoisotopic (exact) mass is 256 g/mol. The summed E-state index contributed by atoms with van der Waals surface area (Å²) in [5.74, 6) is -0.205. The minimum atomic E-state index is -0.391. The Labute approximate surface area is 102 Å². The first-order valence-corrected chi connectivity index (χ1v) is 5.11. The number of amides is 2. The number of aromatic nitrogens is 2. The van der Waals surface area contributed by atoms with Gasteiger partial charge in [0.1, 0.15) is 6.33 Å². The van der Waals surface area contributed by atoms with Crippen LogP contribution in [0.3, 0.4) is 0 Å². The molecule has 0 spiro atoms. The predicted molar refractivity (Wildman–Crippen MR) is 59.0 cm³/mol. The molecule has 2 amide bonds. The van der Waals surface area contributed by atoms with E-state index in [-0.39, 0.29) is 24.0 Å². The van der Waals surface area contributed by atoms with E-state index >= 15 is 0 Å². The molecule has 1 fully saturated rings. The lowest BCUT2D eigenvalue weighted by Crippen LogP contribution is -2.51. The summed E-state index contributed by atoms with van der Waals surface area (Å²) < 4.78 is 5.06. The minimum Gasteiger partial charge on any atom is -0.490 e. The fraction of sp³-hybridized carbons (Fsp3) is 0.333. The van der Waals surface area contributed by atoms with Gasteiger partial charge in [-0.1, -0.05) is 11.6 Å². The number of anilines is 1. The quantitative estimate of drug-likeness (QED) is 0.573. The summed E-state index contributed by atoms with van der Waals surface area (Å²) in [5.41, 5.74) is 0. The van der Waals surface area contributed by atoms with Crippen LogP contribution < -0.4 is 15.0 Å². The fourth-order valence-corrected chi connectivity index (χ4v) is 1.74. The molecule has 1 saturated heterocycles. The topological polar surface area (TPSA) is 84.4 Å². The number of piperazine rings is 1. The first-order valence-electron chi connectivity index (χ1n) is 4.74. The Morgan fingerprint density at radius 1 is 1.35 bits per heavy atom. The maximum Gasteiger partial charge on any atom is 0.246 e. The molecule has 2 rings (SSSR count). The van der Waals surface area contributed by atoms with E-state index in [1.54, 1.807) is 0 Å². The maximum absolute atomic E-state index is 11.3. The highest BCUT2D eigenvalue weighted by Gasteiger charge is 2.26. The minimum absolute atomic E-state index is 0.0233. The lowest BCUT2D eigenvalue weighted by atomic mass is 10.3. The molecule has 1 aliphatic rings. The highest BCUT2D eigenvalue weighted by Crippen LogP contribution is 2.31. The zero-order valence-electron chi connectivity index (χ0n) is 8.94. The number of nitrogens with one attached hydrogen (secondary N) is 1. The number of nitrogens with zero attached hydrogens (tertiary/aromatic N) is 3. The zero-order valence-corrected chi connectivity index (χ0v) is 9.69. The van der Waals surface area contributed by atoms with Crippen molar-refractivity contribution in [3.8, 4) is 5.75 Å². The first-order chi connectivity index (χ1) is 8.11. The molecule has 2 heterocycles. The van der Waals surface area contributed by atoms with Gasteiger partial charge in [-0.05, 0) is 0 Å².